The van der Waals surface area contributed by atoms with Crippen LogP contribution in [0, 0.1) is 11.6 Å². The number of ether oxygens (including phenoxy) is 1. The lowest BCUT2D eigenvalue weighted by atomic mass is 10.2. The van der Waals surface area contributed by atoms with E-state index >= 15 is 0 Å². The second-order valence-electron chi connectivity index (χ2n) is 2.38. The fourth-order valence-electron chi connectivity index (χ4n) is 0.905. The second-order valence-corrected chi connectivity index (χ2v) is 2.38. The number of hydrogen-bond acceptors (Lipinski definition) is 4. The van der Waals surface area contributed by atoms with Gasteiger partial charge in [0.1, 0.15) is 5.56 Å². The summed E-state index contributed by atoms with van der Waals surface area (Å²) in [5, 5.41) is 8.24. The minimum absolute atomic E-state index is 0.603. The molecule has 0 amide bonds. The summed E-state index contributed by atoms with van der Waals surface area (Å²) in [5.74, 6) is -5.47. The van der Waals surface area contributed by atoms with Crippen LogP contribution in [-0.2, 0) is 4.74 Å². The third kappa shape index (κ3) is 2.18. The van der Waals surface area contributed by atoms with Crippen molar-refractivity contribution in [1.82, 2.24) is 0 Å². The molecule has 0 fully saturated rings. The van der Waals surface area contributed by atoms with E-state index in [1.54, 1.807) is 0 Å². The highest BCUT2D eigenvalue weighted by Crippen LogP contribution is 2.26. The molecular weight excluding hydrogens is 217 g/mol. The van der Waals surface area contributed by atoms with E-state index < -0.39 is 35.7 Å². The topological polar surface area (TPSA) is 55.8 Å². The number of carbonyl (C=O) groups excluding carboxylic acids is 1. The lowest BCUT2D eigenvalue weighted by Gasteiger charge is -2.05. The first-order valence-electron chi connectivity index (χ1n) is 3.66. The Bertz CT molecular complexity index is 380. The molecule has 82 valence electrons. The predicted molar refractivity (Wildman–Crippen MR) is 40.6 cm³/mol. The minimum atomic E-state index is -1.65. The molecule has 0 atom stereocenters. The van der Waals surface area contributed by atoms with Crippen molar-refractivity contribution in [2.45, 2.75) is 0 Å². The average molecular weight is 222 g/mol. The second kappa shape index (κ2) is 4.65. The van der Waals surface area contributed by atoms with Gasteiger partial charge in [-0.2, -0.15) is 4.39 Å². The Morgan fingerprint density at radius 1 is 1.40 bits per heavy atom. The molecule has 0 unspecified atom stereocenters. The van der Waals surface area contributed by atoms with Gasteiger partial charge in [0.05, 0.1) is 0 Å². The Morgan fingerprint density at radius 2 is 2.07 bits per heavy atom. The number of aliphatic hydroxyl groups is 1. The maximum atomic E-state index is 12.9. The fraction of sp³-hybridized carbons (Fsp3) is 0.125. The minimum Gasteiger partial charge on any atom is -0.435 e. The van der Waals surface area contributed by atoms with Crippen LogP contribution in [0.4, 0.5) is 13.3 Å². The van der Waals surface area contributed by atoms with Crippen molar-refractivity contribution in [1.29, 1.82) is 0 Å². The van der Waals surface area contributed by atoms with Gasteiger partial charge < -0.3 is 9.84 Å². The zero-order valence-corrected chi connectivity index (χ0v) is 7.17. The molecule has 1 N–H and O–H groups in total. The summed E-state index contributed by atoms with van der Waals surface area (Å²) in [6.07, 6.45) is 0. The van der Waals surface area contributed by atoms with E-state index in [-0.39, 0.29) is 0 Å². The first kappa shape index (κ1) is 11.3. The monoisotopic (exact) mass is 222 g/mol. The molecule has 0 aromatic heterocycles. The number of benzene rings is 1. The molecule has 0 saturated carbocycles. The molecule has 0 spiro atoms. The maximum absolute atomic E-state index is 12.9. The molecule has 0 aliphatic rings. The van der Waals surface area contributed by atoms with Crippen molar-refractivity contribution in [3.63, 3.8) is 0 Å². The summed E-state index contributed by atoms with van der Waals surface area (Å²) in [5.41, 5.74) is -0.662. The molecular formula is C8H5F3O4. The molecule has 1 rings (SSSR count). The zero-order valence-electron chi connectivity index (χ0n) is 7.17. The molecule has 0 bridgehead atoms. The third-order valence-electron chi connectivity index (χ3n) is 1.54. The summed E-state index contributed by atoms with van der Waals surface area (Å²) in [7, 11) is 0. The first-order chi connectivity index (χ1) is 7.11. The average Bonchev–Trinajstić information content (AvgIpc) is 2.22. The van der Waals surface area contributed by atoms with Crippen molar-refractivity contribution in [3.8, 4) is 5.75 Å². The Kier molecular flexibility index (Phi) is 3.51. The maximum Gasteiger partial charge on any atom is 0.344 e. The Labute approximate surface area is 81.7 Å². The van der Waals surface area contributed by atoms with Gasteiger partial charge in [-0.15, -0.1) is 0 Å². The zero-order chi connectivity index (χ0) is 11.4. The summed E-state index contributed by atoms with van der Waals surface area (Å²) in [6.45, 7) is -0.969. The van der Waals surface area contributed by atoms with Gasteiger partial charge in [0, 0.05) is 4.53 Å². The fourth-order valence-corrected chi connectivity index (χ4v) is 0.905. The van der Waals surface area contributed by atoms with Crippen molar-refractivity contribution in [3.05, 3.63) is 29.3 Å². The summed E-state index contributed by atoms with van der Waals surface area (Å²) >= 11 is 0. The van der Waals surface area contributed by atoms with Crippen molar-refractivity contribution in [2.75, 3.05) is 6.79 Å². The summed E-state index contributed by atoms with van der Waals surface area (Å²) in [6, 6.07) is 1.37. The quantitative estimate of drug-likeness (QED) is 0.619. The van der Waals surface area contributed by atoms with Crippen LogP contribution < -0.4 is 4.94 Å². The van der Waals surface area contributed by atoms with E-state index in [1.807, 2.05) is 0 Å². The van der Waals surface area contributed by atoms with Gasteiger partial charge in [0.2, 0.25) is 11.6 Å². The largest absolute Gasteiger partial charge is 0.435 e. The lowest BCUT2D eigenvalue weighted by molar-refractivity contribution is -0.0167. The van der Waals surface area contributed by atoms with Crippen molar-refractivity contribution >= 4 is 5.97 Å². The molecule has 0 radical (unpaired) electrons. The van der Waals surface area contributed by atoms with Crippen LogP contribution in [0.15, 0.2) is 12.1 Å². The molecule has 0 saturated heterocycles. The molecule has 1 aromatic carbocycles. The number of hydrogen-bond donors (Lipinski definition) is 1. The van der Waals surface area contributed by atoms with E-state index in [0.29, 0.717) is 6.07 Å². The van der Waals surface area contributed by atoms with E-state index in [4.69, 9.17) is 5.11 Å². The molecule has 0 aliphatic carbocycles. The number of carbonyl (C=O) groups is 1. The van der Waals surface area contributed by atoms with Gasteiger partial charge in [-0.3, -0.25) is 4.94 Å². The first-order valence-corrected chi connectivity index (χ1v) is 3.66. The molecule has 0 heterocycles. The van der Waals surface area contributed by atoms with Crippen LogP contribution in [0.1, 0.15) is 10.4 Å². The molecule has 7 heteroatoms. The Balaban J connectivity index is 3.18. The highest BCUT2D eigenvalue weighted by molar-refractivity contribution is 5.92. The Hall–Kier alpha value is -1.76. The van der Waals surface area contributed by atoms with E-state index in [0.717, 1.165) is 6.07 Å². The van der Waals surface area contributed by atoms with Gasteiger partial charge in [-0.25, -0.2) is 9.18 Å². The normalized spacial score (nSPS) is 9.87. The summed E-state index contributed by atoms with van der Waals surface area (Å²) < 4.78 is 41.3. The van der Waals surface area contributed by atoms with Gasteiger partial charge in [0.15, 0.2) is 12.6 Å². The van der Waals surface area contributed by atoms with Gasteiger partial charge in [-0.1, -0.05) is 0 Å². The molecule has 1 aromatic rings. The molecule has 4 nitrogen and oxygen atoms in total. The SMILES string of the molecule is O=C(OCO)c1ccc(F)c(F)c1OF. The van der Waals surface area contributed by atoms with E-state index in [2.05, 4.69) is 9.68 Å². The van der Waals surface area contributed by atoms with E-state index in [9.17, 15) is 18.1 Å². The molecule has 0 aliphatic heterocycles. The van der Waals surface area contributed by atoms with Crippen LogP contribution in [0.2, 0.25) is 0 Å². The molecule has 15 heavy (non-hydrogen) atoms. The van der Waals surface area contributed by atoms with Crippen LogP contribution in [0.25, 0.3) is 0 Å². The third-order valence-corrected chi connectivity index (χ3v) is 1.54. The number of aliphatic hydroxyl groups excluding tert-OH is 1. The van der Waals surface area contributed by atoms with Crippen molar-refractivity contribution in [2.24, 2.45) is 0 Å². The van der Waals surface area contributed by atoms with Crippen LogP contribution >= 0.6 is 0 Å². The number of halogens is 3. The smallest absolute Gasteiger partial charge is 0.344 e. The summed E-state index contributed by atoms with van der Waals surface area (Å²) in [4.78, 5) is 14.0. The van der Waals surface area contributed by atoms with Gasteiger partial charge in [0.25, 0.3) is 0 Å². The van der Waals surface area contributed by atoms with Crippen LogP contribution in [0.3, 0.4) is 0 Å². The lowest BCUT2D eigenvalue weighted by Crippen LogP contribution is -2.08. The van der Waals surface area contributed by atoms with Crippen LogP contribution in [-0.4, -0.2) is 17.9 Å². The highest BCUT2D eigenvalue weighted by Gasteiger charge is 2.22. The van der Waals surface area contributed by atoms with Crippen molar-refractivity contribution < 1.29 is 32.9 Å². The van der Waals surface area contributed by atoms with E-state index in [1.165, 1.54) is 0 Å². The Morgan fingerprint density at radius 3 is 2.60 bits per heavy atom. The van der Waals surface area contributed by atoms with Crippen LogP contribution in [0.5, 0.6) is 5.75 Å². The predicted octanol–water partition coefficient (Wildman–Crippen LogP) is 1.33. The standard InChI is InChI=1S/C8H5F3O4/c9-5-2-1-4(8(13)14-3-12)7(15-11)6(5)10/h1-2,12H,3H2. The van der Waals surface area contributed by atoms with Gasteiger partial charge in [-0.05, 0) is 12.1 Å². The van der Waals surface area contributed by atoms with Gasteiger partial charge >= 0.3 is 5.97 Å². The number of rotatable bonds is 3. The number of esters is 1. The highest BCUT2D eigenvalue weighted by atomic mass is 19.3.